The van der Waals surface area contributed by atoms with Gasteiger partial charge in [0.25, 0.3) is 0 Å². The van der Waals surface area contributed by atoms with E-state index in [4.69, 9.17) is 10.00 Å². The lowest BCUT2D eigenvalue weighted by Gasteiger charge is -2.51. The first-order valence-corrected chi connectivity index (χ1v) is 8.35. The third-order valence-corrected chi connectivity index (χ3v) is 4.63. The van der Waals surface area contributed by atoms with Crippen LogP contribution < -0.4 is 0 Å². The zero-order chi connectivity index (χ0) is 16.4. The van der Waals surface area contributed by atoms with E-state index >= 15 is 0 Å². The molecule has 2 unspecified atom stereocenters. The molecule has 5 nitrogen and oxygen atoms in total. The molecule has 0 saturated carbocycles. The van der Waals surface area contributed by atoms with Crippen molar-refractivity contribution >= 4 is 6.09 Å². The fourth-order valence-corrected chi connectivity index (χ4v) is 3.84. The minimum absolute atomic E-state index is 0.0643. The van der Waals surface area contributed by atoms with E-state index in [0.29, 0.717) is 25.7 Å². The molecular weight excluding hydrogens is 280 g/mol. The van der Waals surface area contributed by atoms with Crippen LogP contribution in [0.4, 0.5) is 4.79 Å². The molecule has 2 rings (SSSR count). The number of fused-ring (bicyclic) bond motifs is 2. The molecule has 2 heterocycles. The third kappa shape index (κ3) is 4.13. The summed E-state index contributed by atoms with van der Waals surface area (Å²) in [4.78, 5) is 14.3. The molecule has 2 aliphatic rings. The van der Waals surface area contributed by atoms with Crippen molar-refractivity contribution in [1.29, 1.82) is 5.26 Å². The van der Waals surface area contributed by atoms with Gasteiger partial charge in [-0.1, -0.05) is 0 Å². The number of piperidine rings is 2. The van der Waals surface area contributed by atoms with Crippen molar-refractivity contribution in [3.63, 3.8) is 0 Å². The SMILES string of the molecule is CC(C)(C)OC(=O)N1C2CCCC1CC(O)(CCCC#N)C2. The largest absolute Gasteiger partial charge is 0.444 e. The molecule has 1 N–H and O–H groups in total. The van der Waals surface area contributed by atoms with E-state index in [0.717, 1.165) is 25.7 Å². The van der Waals surface area contributed by atoms with Gasteiger partial charge in [0.1, 0.15) is 5.60 Å². The maximum atomic E-state index is 12.5. The second-order valence-corrected chi connectivity index (χ2v) is 7.77. The predicted molar refractivity (Wildman–Crippen MR) is 83.1 cm³/mol. The van der Waals surface area contributed by atoms with Gasteiger partial charge < -0.3 is 14.7 Å². The van der Waals surface area contributed by atoms with Crippen LogP contribution in [0.5, 0.6) is 0 Å². The molecule has 2 bridgehead atoms. The van der Waals surface area contributed by atoms with Gasteiger partial charge in [-0.05, 0) is 65.7 Å². The summed E-state index contributed by atoms with van der Waals surface area (Å²) >= 11 is 0. The van der Waals surface area contributed by atoms with Gasteiger partial charge in [-0.2, -0.15) is 5.26 Å². The van der Waals surface area contributed by atoms with Gasteiger partial charge in [-0.25, -0.2) is 4.79 Å². The van der Waals surface area contributed by atoms with Crippen LogP contribution in [0.15, 0.2) is 0 Å². The van der Waals surface area contributed by atoms with E-state index in [2.05, 4.69) is 6.07 Å². The molecule has 1 amide bonds. The number of carbonyl (C=O) groups is 1. The van der Waals surface area contributed by atoms with Crippen LogP contribution in [-0.4, -0.2) is 39.4 Å². The quantitative estimate of drug-likeness (QED) is 0.811. The van der Waals surface area contributed by atoms with Crippen LogP contribution in [-0.2, 0) is 4.74 Å². The van der Waals surface area contributed by atoms with E-state index in [1.165, 1.54) is 0 Å². The summed E-state index contributed by atoms with van der Waals surface area (Å²) in [6.45, 7) is 5.63. The number of hydrogen-bond acceptors (Lipinski definition) is 4. The van der Waals surface area contributed by atoms with Gasteiger partial charge in [-0.3, -0.25) is 0 Å². The van der Waals surface area contributed by atoms with Crippen molar-refractivity contribution in [2.24, 2.45) is 0 Å². The number of carbonyl (C=O) groups excluding carboxylic acids is 1. The Hall–Kier alpha value is -1.28. The highest BCUT2D eigenvalue weighted by Crippen LogP contribution is 2.42. The van der Waals surface area contributed by atoms with E-state index in [9.17, 15) is 9.90 Å². The monoisotopic (exact) mass is 308 g/mol. The minimum Gasteiger partial charge on any atom is -0.444 e. The van der Waals surface area contributed by atoms with Crippen LogP contribution >= 0.6 is 0 Å². The molecule has 0 spiro atoms. The molecule has 2 aliphatic heterocycles. The van der Waals surface area contributed by atoms with Crippen molar-refractivity contribution in [1.82, 2.24) is 4.90 Å². The molecule has 0 radical (unpaired) electrons. The summed E-state index contributed by atoms with van der Waals surface area (Å²) in [5.74, 6) is 0. The fraction of sp³-hybridized carbons (Fsp3) is 0.882. The maximum Gasteiger partial charge on any atom is 0.410 e. The Morgan fingerprint density at radius 2 is 1.95 bits per heavy atom. The molecule has 0 aromatic rings. The Labute approximate surface area is 133 Å². The molecule has 0 aliphatic carbocycles. The van der Waals surface area contributed by atoms with Gasteiger partial charge in [0, 0.05) is 18.5 Å². The van der Waals surface area contributed by atoms with E-state index in [1.54, 1.807) is 0 Å². The molecule has 2 fully saturated rings. The summed E-state index contributed by atoms with van der Waals surface area (Å²) in [5.41, 5.74) is -1.23. The zero-order valence-electron chi connectivity index (χ0n) is 14.0. The third-order valence-electron chi connectivity index (χ3n) is 4.63. The van der Waals surface area contributed by atoms with E-state index in [1.807, 2.05) is 25.7 Å². The lowest BCUT2D eigenvalue weighted by Crippen LogP contribution is -2.60. The van der Waals surface area contributed by atoms with Gasteiger partial charge in [0.05, 0.1) is 11.7 Å². The summed E-state index contributed by atoms with van der Waals surface area (Å²) in [6.07, 6.45) is 5.76. The number of nitriles is 1. The molecule has 124 valence electrons. The van der Waals surface area contributed by atoms with Gasteiger partial charge in [-0.15, -0.1) is 0 Å². The molecule has 2 atom stereocenters. The second-order valence-electron chi connectivity index (χ2n) is 7.77. The lowest BCUT2D eigenvalue weighted by molar-refractivity contribution is -0.0962. The fourth-order valence-electron chi connectivity index (χ4n) is 3.84. The Kier molecular flexibility index (Phi) is 5.01. The number of unbranched alkanes of at least 4 members (excludes halogenated alkanes) is 1. The Balaban J connectivity index is 2.05. The highest BCUT2D eigenvalue weighted by Gasteiger charge is 2.47. The van der Waals surface area contributed by atoms with E-state index in [-0.39, 0.29) is 18.2 Å². The number of hydrogen-bond donors (Lipinski definition) is 1. The van der Waals surface area contributed by atoms with Crippen LogP contribution in [0, 0.1) is 11.3 Å². The highest BCUT2D eigenvalue weighted by atomic mass is 16.6. The van der Waals surface area contributed by atoms with Crippen LogP contribution in [0.3, 0.4) is 0 Å². The van der Waals surface area contributed by atoms with Gasteiger partial charge in [0.15, 0.2) is 0 Å². The normalized spacial score (nSPS) is 31.5. The number of aliphatic hydroxyl groups is 1. The molecule has 22 heavy (non-hydrogen) atoms. The molecule has 0 aromatic carbocycles. The van der Waals surface area contributed by atoms with Crippen molar-refractivity contribution in [2.45, 2.75) is 95.4 Å². The summed E-state index contributed by atoms with van der Waals surface area (Å²) in [5, 5.41) is 19.5. The van der Waals surface area contributed by atoms with Gasteiger partial charge >= 0.3 is 6.09 Å². The van der Waals surface area contributed by atoms with Crippen molar-refractivity contribution < 1.29 is 14.6 Å². The van der Waals surface area contributed by atoms with Crippen molar-refractivity contribution in [2.75, 3.05) is 0 Å². The Bertz CT molecular complexity index is 436. The maximum absolute atomic E-state index is 12.5. The van der Waals surface area contributed by atoms with Crippen LogP contribution in [0.1, 0.15) is 72.1 Å². The first kappa shape index (κ1) is 17.1. The number of ether oxygens (including phenoxy) is 1. The smallest absolute Gasteiger partial charge is 0.410 e. The van der Waals surface area contributed by atoms with Crippen molar-refractivity contribution in [3.8, 4) is 6.07 Å². The highest BCUT2D eigenvalue weighted by molar-refractivity contribution is 5.69. The number of nitrogens with zero attached hydrogens (tertiary/aromatic N) is 2. The van der Waals surface area contributed by atoms with Crippen LogP contribution in [0.25, 0.3) is 0 Å². The topological polar surface area (TPSA) is 73.6 Å². The van der Waals surface area contributed by atoms with Gasteiger partial charge in [0.2, 0.25) is 0 Å². The number of amides is 1. The minimum atomic E-state index is -0.731. The first-order valence-electron chi connectivity index (χ1n) is 8.35. The molecule has 2 saturated heterocycles. The summed E-state index contributed by atoms with van der Waals surface area (Å²) < 4.78 is 5.54. The molecular formula is C17H28N2O3. The first-order chi connectivity index (χ1) is 10.2. The Morgan fingerprint density at radius 3 is 2.45 bits per heavy atom. The summed E-state index contributed by atoms with van der Waals surface area (Å²) in [6, 6.07) is 2.26. The molecule has 5 heteroatoms. The average Bonchev–Trinajstić information content (AvgIpc) is 2.35. The number of rotatable bonds is 3. The van der Waals surface area contributed by atoms with Crippen LogP contribution in [0.2, 0.25) is 0 Å². The standard InChI is InChI=1S/C17H28N2O3/c1-16(2,3)22-15(20)19-13-7-6-8-14(19)12-17(21,11-13)9-4-5-10-18/h13-14,21H,4-9,11-12H2,1-3H3. The molecule has 0 aromatic heterocycles. The zero-order valence-corrected chi connectivity index (χ0v) is 14.0. The summed E-state index contributed by atoms with van der Waals surface area (Å²) in [7, 11) is 0. The Morgan fingerprint density at radius 1 is 1.36 bits per heavy atom. The second kappa shape index (κ2) is 6.45. The van der Waals surface area contributed by atoms with Crippen molar-refractivity contribution in [3.05, 3.63) is 0 Å². The lowest BCUT2D eigenvalue weighted by atomic mass is 9.74. The average molecular weight is 308 g/mol. The predicted octanol–water partition coefficient (Wildman–Crippen LogP) is 3.36. The van der Waals surface area contributed by atoms with E-state index < -0.39 is 11.2 Å².